The van der Waals surface area contributed by atoms with Crippen molar-refractivity contribution in [2.24, 2.45) is 0 Å². The lowest BCUT2D eigenvalue weighted by atomic mass is 10.1. The standard InChI is InChI=1S/C13H13F3N2O/c1-18-10(17-12(5-6-12)11(18)19)8-3-2-4-9(7-8)13(14,15)16/h2-4,7,10,17H,5-6H2,1H3. The van der Waals surface area contributed by atoms with Crippen molar-refractivity contribution in [1.29, 1.82) is 0 Å². The number of rotatable bonds is 1. The van der Waals surface area contributed by atoms with E-state index in [-0.39, 0.29) is 5.91 Å². The predicted molar refractivity (Wildman–Crippen MR) is 62.1 cm³/mol. The summed E-state index contributed by atoms with van der Waals surface area (Å²) in [7, 11) is 1.62. The maximum absolute atomic E-state index is 12.7. The van der Waals surface area contributed by atoms with Gasteiger partial charge in [-0.15, -0.1) is 0 Å². The summed E-state index contributed by atoms with van der Waals surface area (Å²) in [6, 6.07) is 5.12. The van der Waals surface area contributed by atoms with Crippen LogP contribution in [0.1, 0.15) is 30.1 Å². The van der Waals surface area contributed by atoms with Gasteiger partial charge in [0.1, 0.15) is 11.7 Å². The van der Waals surface area contributed by atoms with Gasteiger partial charge < -0.3 is 4.90 Å². The van der Waals surface area contributed by atoms with Crippen LogP contribution < -0.4 is 5.32 Å². The largest absolute Gasteiger partial charge is 0.416 e. The van der Waals surface area contributed by atoms with Crippen molar-refractivity contribution in [3.63, 3.8) is 0 Å². The minimum atomic E-state index is -4.37. The quantitative estimate of drug-likeness (QED) is 0.849. The van der Waals surface area contributed by atoms with Gasteiger partial charge in [0.2, 0.25) is 5.91 Å². The van der Waals surface area contributed by atoms with E-state index >= 15 is 0 Å². The van der Waals surface area contributed by atoms with Crippen molar-refractivity contribution in [3.8, 4) is 0 Å². The number of carbonyl (C=O) groups is 1. The Labute approximate surface area is 108 Å². The lowest BCUT2D eigenvalue weighted by Gasteiger charge is -2.20. The van der Waals surface area contributed by atoms with Crippen molar-refractivity contribution < 1.29 is 18.0 Å². The fraction of sp³-hybridized carbons (Fsp3) is 0.462. The third kappa shape index (κ3) is 1.90. The average molecular weight is 270 g/mol. The topological polar surface area (TPSA) is 32.3 Å². The molecule has 1 unspecified atom stereocenters. The molecule has 1 heterocycles. The molecule has 19 heavy (non-hydrogen) atoms. The van der Waals surface area contributed by atoms with Crippen molar-refractivity contribution in [2.75, 3.05) is 7.05 Å². The Morgan fingerprint density at radius 2 is 2.05 bits per heavy atom. The molecule has 3 rings (SSSR count). The van der Waals surface area contributed by atoms with Crippen LogP contribution in [0.4, 0.5) is 13.2 Å². The zero-order chi connectivity index (χ0) is 13.8. The van der Waals surface area contributed by atoms with Crippen LogP contribution in [0.2, 0.25) is 0 Å². The number of alkyl halides is 3. The molecule has 1 aliphatic heterocycles. The molecule has 1 saturated heterocycles. The molecule has 1 aromatic carbocycles. The molecule has 1 aromatic rings. The monoisotopic (exact) mass is 270 g/mol. The molecular weight excluding hydrogens is 257 g/mol. The van der Waals surface area contributed by atoms with Crippen LogP contribution in [0, 0.1) is 0 Å². The number of carbonyl (C=O) groups excluding carboxylic acids is 1. The molecule has 1 atom stereocenters. The smallest absolute Gasteiger partial charge is 0.324 e. The van der Waals surface area contributed by atoms with E-state index < -0.39 is 23.4 Å². The van der Waals surface area contributed by atoms with E-state index in [1.165, 1.54) is 11.0 Å². The Bertz CT molecular complexity index is 537. The van der Waals surface area contributed by atoms with Crippen molar-refractivity contribution in [3.05, 3.63) is 35.4 Å². The first-order chi connectivity index (χ1) is 8.83. The zero-order valence-corrected chi connectivity index (χ0v) is 10.3. The summed E-state index contributed by atoms with van der Waals surface area (Å²) in [6.07, 6.45) is -3.33. The van der Waals surface area contributed by atoms with E-state index in [9.17, 15) is 18.0 Å². The molecular formula is C13H13F3N2O. The summed E-state index contributed by atoms with van der Waals surface area (Å²) in [5, 5.41) is 3.14. The van der Waals surface area contributed by atoms with Gasteiger partial charge in [0.05, 0.1) is 5.56 Å². The highest BCUT2D eigenvalue weighted by molar-refractivity contribution is 5.91. The van der Waals surface area contributed by atoms with Crippen molar-refractivity contribution in [1.82, 2.24) is 10.2 Å². The number of nitrogens with zero attached hydrogens (tertiary/aromatic N) is 1. The number of halogens is 3. The van der Waals surface area contributed by atoms with Crippen LogP contribution in [0.25, 0.3) is 0 Å². The number of likely N-dealkylation sites (N-methyl/N-ethyl adjacent to an activating group) is 1. The van der Waals surface area contributed by atoms with Gasteiger partial charge in [-0.05, 0) is 30.5 Å². The summed E-state index contributed by atoms with van der Waals surface area (Å²) < 4.78 is 38.1. The number of hydrogen-bond acceptors (Lipinski definition) is 2. The van der Waals surface area contributed by atoms with E-state index in [1.807, 2.05) is 0 Å². The number of hydrogen-bond donors (Lipinski definition) is 1. The Morgan fingerprint density at radius 3 is 2.58 bits per heavy atom. The normalized spacial score (nSPS) is 25.2. The van der Waals surface area contributed by atoms with Crippen LogP contribution >= 0.6 is 0 Å². The van der Waals surface area contributed by atoms with E-state index in [1.54, 1.807) is 13.1 Å². The van der Waals surface area contributed by atoms with Crippen LogP contribution in [-0.4, -0.2) is 23.4 Å². The first-order valence-electron chi connectivity index (χ1n) is 6.06. The van der Waals surface area contributed by atoms with Gasteiger partial charge in [-0.3, -0.25) is 10.1 Å². The third-order valence-electron chi connectivity index (χ3n) is 3.81. The maximum atomic E-state index is 12.7. The Hall–Kier alpha value is -1.56. The van der Waals surface area contributed by atoms with Crippen LogP contribution in [0.5, 0.6) is 0 Å². The predicted octanol–water partition coefficient (Wildman–Crippen LogP) is 2.30. The highest BCUT2D eigenvalue weighted by Crippen LogP contribution is 2.45. The Kier molecular flexibility index (Phi) is 2.44. The van der Waals surface area contributed by atoms with Crippen LogP contribution in [0.15, 0.2) is 24.3 Å². The van der Waals surface area contributed by atoms with Gasteiger partial charge in [-0.25, -0.2) is 0 Å². The summed E-state index contributed by atoms with van der Waals surface area (Å²) in [4.78, 5) is 13.5. The van der Waals surface area contributed by atoms with Gasteiger partial charge in [0, 0.05) is 7.05 Å². The van der Waals surface area contributed by atoms with Crippen LogP contribution in [0.3, 0.4) is 0 Å². The summed E-state index contributed by atoms with van der Waals surface area (Å²) >= 11 is 0. The molecule has 1 aliphatic carbocycles. The van der Waals surface area contributed by atoms with Crippen molar-refractivity contribution >= 4 is 5.91 Å². The fourth-order valence-corrected chi connectivity index (χ4v) is 2.55. The molecule has 0 radical (unpaired) electrons. The SMILES string of the molecule is CN1C(=O)C2(CC2)NC1c1cccc(C(F)(F)F)c1. The molecule has 1 saturated carbocycles. The number of nitrogens with one attached hydrogen (secondary N) is 1. The molecule has 1 amide bonds. The lowest BCUT2D eigenvalue weighted by Crippen LogP contribution is -2.30. The van der Waals surface area contributed by atoms with E-state index in [4.69, 9.17) is 0 Å². The van der Waals surface area contributed by atoms with E-state index in [0.717, 1.165) is 25.0 Å². The lowest BCUT2D eigenvalue weighted by molar-refractivity contribution is -0.137. The van der Waals surface area contributed by atoms with Crippen LogP contribution in [-0.2, 0) is 11.0 Å². The molecule has 0 bridgehead atoms. The summed E-state index contributed by atoms with van der Waals surface area (Å²) in [5.41, 5.74) is -0.743. The van der Waals surface area contributed by atoms with Gasteiger partial charge in [0.25, 0.3) is 0 Å². The average Bonchev–Trinajstić information content (AvgIpc) is 3.10. The second-order valence-electron chi connectivity index (χ2n) is 5.17. The molecule has 6 heteroatoms. The molecule has 3 nitrogen and oxygen atoms in total. The summed E-state index contributed by atoms with van der Waals surface area (Å²) in [5.74, 6) is -0.0325. The Balaban J connectivity index is 1.93. The van der Waals surface area contributed by atoms with Gasteiger partial charge in [-0.1, -0.05) is 12.1 Å². The number of benzene rings is 1. The third-order valence-corrected chi connectivity index (χ3v) is 3.81. The second-order valence-corrected chi connectivity index (χ2v) is 5.17. The zero-order valence-electron chi connectivity index (χ0n) is 10.3. The van der Waals surface area contributed by atoms with Gasteiger partial charge in [-0.2, -0.15) is 13.2 Å². The fourth-order valence-electron chi connectivity index (χ4n) is 2.55. The highest BCUT2D eigenvalue weighted by Gasteiger charge is 2.58. The van der Waals surface area contributed by atoms with Crippen molar-refractivity contribution in [2.45, 2.75) is 30.7 Å². The second kappa shape index (κ2) is 3.72. The first-order valence-corrected chi connectivity index (χ1v) is 6.06. The number of amides is 1. The van der Waals surface area contributed by atoms with Gasteiger partial charge in [0.15, 0.2) is 0 Å². The minimum absolute atomic E-state index is 0.0325. The molecule has 102 valence electrons. The minimum Gasteiger partial charge on any atom is -0.324 e. The Morgan fingerprint density at radius 1 is 1.37 bits per heavy atom. The van der Waals surface area contributed by atoms with E-state index in [0.29, 0.717) is 5.56 Å². The molecule has 2 aliphatic rings. The summed E-state index contributed by atoms with van der Waals surface area (Å²) in [6.45, 7) is 0. The van der Waals surface area contributed by atoms with E-state index in [2.05, 4.69) is 5.32 Å². The first kappa shape index (κ1) is 12.5. The molecule has 1 spiro atoms. The maximum Gasteiger partial charge on any atom is 0.416 e. The highest BCUT2D eigenvalue weighted by atomic mass is 19.4. The molecule has 2 fully saturated rings. The van der Waals surface area contributed by atoms with Gasteiger partial charge >= 0.3 is 6.18 Å². The molecule has 0 aromatic heterocycles. The molecule has 1 N–H and O–H groups in total.